The number of aryl methyl sites for hydroxylation is 1. The van der Waals surface area contributed by atoms with Gasteiger partial charge in [-0.05, 0) is 88.4 Å². The lowest BCUT2D eigenvalue weighted by molar-refractivity contribution is 0.197. The quantitative estimate of drug-likeness (QED) is 0.509. The highest BCUT2D eigenvalue weighted by Crippen LogP contribution is 2.32. The van der Waals surface area contributed by atoms with Gasteiger partial charge in [0.1, 0.15) is 5.82 Å². The average Bonchev–Trinajstić information content (AvgIpc) is 3.04. The van der Waals surface area contributed by atoms with E-state index in [0.717, 1.165) is 43.0 Å². The molecule has 3 nitrogen and oxygen atoms in total. The molecule has 2 aromatic rings. The molecule has 0 radical (unpaired) electrons. The summed E-state index contributed by atoms with van der Waals surface area (Å²) in [5.74, 6) is 1.48. The van der Waals surface area contributed by atoms with E-state index in [1.165, 1.54) is 11.1 Å². The molecule has 0 N–H and O–H groups in total. The first kappa shape index (κ1) is 23.5. The fraction of sp³-hybridized carbons (Fsp3) is 0.500. The predicted octanol–water partition coefficient (Wildman–Crippen LogP) is 6.16. The molecule has 1 atom stereocenters. The van der Waals surface area contributed by atoms with Gasteiger partial charge < -0.3 is 9.47 Å². The lowest BCUT2D eigenvalue weighted by atomic mass is 10.0. The number of halogens is 2. The van der Waals surface area contributed by atoms with Crippen LogP contribution in [0.5, 0.6) is 11.5 Å². The van der Waals surface area contributed by atoms with Gasteiger partial charge in [0.2, 0.25) is 0 Å². The molecule has 0 unspecified atom stereocenters. The first-order valence-corrected chi connectivity index (χ1v) is 10.3. The molecule has 2 aromatic carbocycles. The summed E-state index contributed by atoms with van der Waals surface area (Å²) in [6, 6.07) is 11.8. The number of rotatable bonds is 8. The van der Waals surface area contributed by atoms with Crippen LogP contribution >= 0.6 is 12.4 Å². The highest BCUT2D eigenvalue weighted by atomic mass is 35.5. The van der Waals surface area contributed by atoms with E-state index in [0.29, 0.717) is 6.04 Å². The van der Waals surface area contributed by atoms with Gasteiger partial charge >= 0.3 is 0 Å². The van der Waals surface area contributed by atoms with Gasteiger partial charge in [0, 0.05) is 19.1 Å². The Hall–Kier alpha value is -1.78. The van der Waals surface area contributed by atoms with Crippen LogP contribution in [0.15, 0.2) is 36.4 Å². The molecule has 160 valence electrons. The fourth-order valence-corrected chi connectivity index (χ4v) is 3.66. The second kappa shape index (κ2) is 10.3. The number of hydrogen-bond acceptors (Lipinski definition) is 3. The van der Waals surface area contributed by atoms with E-state index in [9.17, 15) is 4.39 Å². The molecule has 1 heterocycles. The van der Waals surface area contributed by atoms with E-state index in [1.807, 2.05) is 39.8 Å². The summed E-state index contributed by atoms with van der Waals surface area (Å²) in [6.45, 7) is 12.1. The Labute approximate surface area is 180 Å². The third kappa shape index (κ3) is 6.35. The van der Waals surface area contributed by atoms with Crippen LogP contribution in [0.25, 0.3) is 0 Å². The number of hydrogen-bond donors (Lipinski definition) is 0. The zero-order valence-electron chi connectivity index (χ0n) is 18.1. The molecule has 0 saturated carbocycles. The third-order valence-electron chi connectivity index (χ3n) is 5.12. The van der Waals surface area contributed by atoms with Crippen LogP contribution < -0.4 is 9.47 Å². The number of ether oxygens (including phenoxy) is 2. The van der Waals surface area contributed by atoms with E-state index in [4.69, 9.17) is 9.47 Å². The molecule has 0 aliphatic carbocycles. The van der Waals surface area contributed by atoms with Gasteiger partial charge in [0.15, 0.2) is 11.5 Å². The summed E-state index contributed by atoms with van der Waals surface area (Å²) < 4.78 is 25.3. The van der Waals surface area contributed by atoms with Gasteiger partial charge in [-0.25, -0.2) is 4.39 Å². The molecule has 5 heteroatoms. The summed E-state index contributed by atoms with van der Waals surface area (Å²) in [5, 5.41) is 0. The molecule has 29 heavy (non-hydrogen) atoms. The number of nitrogens with zero attached hydrogens (tertiary/aromatic N) is 1. The van der Waals surface area contributed by atoms with Crippen molar-refractivity contribution in [2.75, 3.05) is 0 Å². The molecule has 1 aliphatic heterocycles. The van der Waals surface area contributed by atoms with Crippen molar-refractivity contribution in [2.24, 2.45) is 0 Å². The molecule has 0 amide bonds. The van der Waals surface area contributed by atoms with Crippen molar-refractivity contribution in [1.82, 2.24) is 4.90 Å². The van der Waals surface area contributed by atoms with E-state index in [2.05, 4.69) is 24.0 Å². The van der Waals surface area contributed by atoms with Crippen molar-refractivity contribution in [1.29, 1.82) is 0 Å². The van der Waals surface area contributed by atoms with Crippen molar-refractivity contribution < 1.29 is 13.9 Å². The van der Waals surface area contributed by atoms with E-state index in [1.54, 1.807) is 12.1 Å². The topological polar surface area (TPSA) is 21.7 Å². The first-order chi connectivity index (χ1) is 13.3. The molecule has 0 spiro atoms. The Morgan fingerprint density at radius 2 is 1.52 bits per heavy atom. The standard InChI is InChI=1S/C24H32FNO2.ClH/c1-16(2)27-23-11-8-19(12-24(23)28-17(3)4)7-6-18(5)26-14-20-9-10-22(25)13-21(20)15-26;/h8-13,16-18H,6-7,14-15H2,1-5H3;1H/t18-;/m1./s1. The van der Waals surface area contributed by atoms with E-state index >= 15 is 0 Å². The van der Waals surface area contributed by atoms with Crippen LogP contribution in [0, 0.1) is 5.82 Å². The van der Waals surface area contributed by atoms with Gasteiger partial charge in [0.05, 0.1) is 12.2 Å². The maximum absolute atomic E-state index is 13.5. The van der Waals surface area contributed by atoms with Crippen LogP contribution in [0.3, 0.4) is 0 Å². The smallest absolute Gasteiger partial charge is 0.161 e. The lowest BCUT2D eigenvalue weighted by Gasteiger charge is -2.24. The fourth-order valence-electron chi connectivity index (χ4n) is 3.66. The maximum Gasteiger partial charge on any atom is 0.161 e. The summed E-state index contributed by atoms with van der Waals surface area (Å²) in [6.07, 6.45) is 2.23. The van der Waals surface area contributed by atoms with Crippen LogP contribution in [-0.4, -0.2) is 23.1 Å². The first-order valence-electron chi connectivity index (χ1n) is 10.3. The van der Waals surface area contributed by atoms with Gasteiger partial charge in [-0.2, -0.15) is 0 Å². The molecule has 0 fully saturated rings. The summed E-state index contributed by atoms with van der Waals surface area (Å²) in [7, 11) is 0. The Morgan fingerprint density at radius 1 is 0.862 bits per heavy atom. The van der Waals surface area contributed by atoms with Crippen LogP contribution in [-0.2, 0) is 19.5 Å². The van der Waals surface area contributed by atoms with Crippen molar-refractivity contribution in [3.05, 3.63) is 58.9 Å². The highest BCUT2D eigenvalue weighted by molar-refractivity contribution is 5.85. The lowest BCUT2D eigenvalue weighted by Crippen LogP contribution is -2.28. The molecule has 0 aromatic heterocycles. The Bertz CT molecular complexity index is 809. The molecule has 0 bridgehead atoms. The van der Waals surface area contributed by atoms with Crippen molar-refractivity contribution in [3.8, 4) is 11.5 Å². The minimum Gasteiger partial charge on any atom is -0.487 e. The normalized spacial score (nSPS) is 14.6. The van der Waals surface area contributed by atoms with Gasteiger partial charge in [-0.1, -0.05) is 12.1 Å². The average molecular weight is 422 g/mol. The monoisotopic (exact) mass is 421 g/mol. The molecule has 0 saturated heterocycles. The van der Waals surface area contributed by atoms with E-state index < -0.39 is 0 Å². The second-order valence-electron chi connectivity index (χ2n) is 8.32. The van der Waals surface area contributed by atoms with Gasteiger partial charge in [0.25, 0.3) is 0 Å². The molecular weight excluding hydrogens is 389 g/mol. The summed E-state index contributed by atoms with van der Waals surface area (Å²) in [4.78, 5) is 2.42. The van der Waals surface area contributed by atoms with Gasteiger partial charge in [-0.3, -0.25) is 4.90 Å². The number of fused-ring (bicyclic) bond motifs is 1. The second-order valence-corrected chi connectivity index (χ2v) is 8.32. The van der Waals surface area contributed by atoms with Crippen molar-refractivity contribution >= 4 is 12.4 Å². The maximum atomic E-state index is 13.5. The minimum absolute atomic E-state index is 0. The Kier molecular flexibility index (Phi) is 8.35. The zero-order valence-corrected chi connectivity index (χ0v) is 18.9. The number of benzene rings is 2. The van der Waals surface area contributed by atoms with Crippen molar-refractivity contribution in [3.63, 3.8) is 0 Å². The van der Waals surface area contributed by atoms with Crippen LogP contribution in [0.1, 0.15) is 57.7 Å². The Balaban J connectivity index is 0.00000300. The predicted molar refractivity (Wildman–Crippen MR) is 119 cm³/mol. The van der Waals surface area contributed by atoms with Crippen LogP contribution in [0.2, 0.25) is 0 Å². The third-order valence-corrected chi connectivity index (χ3v) is 5.12. The highest BCUT2D eigenvalue weighted by Gasteiger charge is 2.23. The Morgan fingerprint density at radius 3 is 2.21 bits per heavy atom. The SMILES string of the molecule is CC(C)Oc1ccc(CC[C@@H](C)N2Cc3ccc(F)cc3C2)cc1OC(C)C.Cl. The van der Waals surface area contributed by atoms with Crippen molar-refractivity contribution in [2.45, 2.75) is 78.8 Å². The zero-order chi connectivity index (χ0) is 20.3. The minimum atomic E-state index is -0.144. The molecule has 3 rings (SSSR count). The van der Waals surface area contributed by atoms with Crippen LogP contribution in [0.4, 0.5) is 4.39 Å². The largest absolute Gasteiger partial charge is 0.487 e. The van der Waals surface area contributed by atoms with E-state index in [-0.39, 0.29) is 30.4 Å². The summed E-state index contributed by atoms with van der Waals surface area (Å²) in [5.41, 5.74) is 3.62. The van der Waals surface area contributed by atoms with Gasteiger partial charge in [-0.15, -0.1) is 12.4 Å². The molecule has 1 aliphatic rings. The summed E-state index contributed by atoms with van der Waals surface area (Å²) >= 11 is 0. The molecular formula is C24H33ClFNO2.